The van der Waals surface area contributed by atoms with Crippen LogP contribution in [-0.2, 0) is 9.59 Å². The number of nitrogens with zero attached hydrogens (tertiary/aromatic N) is 1. The van der Waals surface area contributed by atoms with Crippen molar-refractivity contribution < 1.29 is 9.59 Å². The number of carbonyl (C=O) groups excluding carboxylic acids is 2. The molecule has 3 aliphatic carbocycles. The third-order valence-corrected chi connectivity index (χ3v) is 9.74. The van der Waals surface area contributed by atoms with Crippen molar-refractivity contribution >= 4 is 11.7 Å². The molecule has 4 rings (SSSR count). The maximum atomic E-state index is 13.2. The van der Waals surface area contributed by atoms with Gasteiger partial charge in [-0.15, -0.1) is 6.58 Å². The molecule has 3 heteroatoms. The Morgan fingerprint density at radius 2 is 2.00 bits per heavy atom. The quantitative estimate of drug-likeness (QED) is 0.581. The van der Waals surface area contributed by atoms with Crippen LogP contribution in [0.2, 0.25) is 0 Å². The highest BCUT2D eigenvalue weighted by Gasteiger charge is 2.61. The fourth-order valence-corrected chi connectivity index (χ4v) is 7.97. The van der Waals surface area contributed by atoms with Gasteiger partial charge in [-0.2, -0.15) is 0 Å². The van der Waals surface area contributed by atoms with Gasteiger partial charge in [0, 0.05) is 29.8 Å². The molecule has 0 saturated heterocycles. The lowest BCUT2D eigenvalue weighted by Crippen LogP contribution is -2.60. The molecule has 3 unspecified atom stereocenters. The van der Waals surface area contributed by atoms with Gasteiger partial charge in [-0.3, -0.25) is 9.59 Å². The van der Waals surface area contributed by atoms with Gasteiger partial charge in [0.1, 0.15) is 5.78 Å². The van der Waals surface area contributed by atoms with Crippen LogP contribution >= 0.6 is 0 Å². The highest BCUT2D eigenvalue weighted by Crippen LogP contribution is 2.65. The zero-order valence-electron chi connectivity index (χ0n) is 18.8. The summed E-state index contributed by atoms with van der Waals surface area (Å²) in [5.74, 6) is 3.09. The number of Topliss-reactive ketones (excluding diaryl/α,β-unsaturated/α-hetero) is 1. The average molecular weight is 398 g/mol. The molecule has 0 aromatic carbocycles. The number of hydrogen-bond acceptors (Lipinski definition) is 2. The molecule has 29 heavy (non-hydrogen) atoms. The Balaban J connectivity index is 1.62. The van der Waals surface area contributed by atoms with Crippen LogP contribution in [-0.4, -0.2) is 29.2 Å². The van der Waals surface area contributed by atoms with Crippen molar-refractivity contribution in [2.24, 2.45) is 40.4 Å². The molecule has 160 valence electrons. The predicted octanol–water partition coefficient (Wildman–Crippen LogP) is 5.41. The maximum absolute atomic E-state index is 13.2. The maximum Gasteiger partial charge on any atom is 0.246 e. The summed E-state index contributed by atoms with van der Waals surface area (Å²) in [5.41, 5.74) is 0.236. The molecule has 0 aromatic rings. The van der Waals surface area contributed by atoms with Crippen LogP contribution in [0.3, 0.4) is 0 Å². The topological polar surface area (TPSA) is 37.4 Å². The van der Waals surface area contributed by atoms with Crippen LogP contribution in [0.5, 0.6) is 0 Å². The Labute approximate surface area is 177 Å². The molecule has 0 N–H and O–H groups in total. The Morgan fingerprint density at radius 3 is 2.69 bits per heavy atom. The van der Waals surface area contributed by atoms with E-state index in [1.165, 1.54) is 19.3 Å². The molecule has 3 nitrogen and oxygen atoms in total. The Kier molecular flexibility index (Phi) is 5.32. The minimum atomic E-state index is 0.0555. The summed E-state index contributed by atoms with van der Waals surface area (Å²) < 4.78 is 0. The Hall–Kier alpha value is -1.38. The van der Waals surface area contributed by atoms with Crippen LogP contribution in [0.1, 0.15) is 72.6 Å². The normalized spacial score (nSPS) is 44.6. The SMILES string of the molecule is C=CCN1C(=O)C=C[C@@]2(C)C1CC[C@@H]1[C@H]2CC[C@]2(C)C(C(=O)C(C)CC)CC[C@@H]12. The van der Waals surface area contributed by atoms with Crippen LogP contribution in [0.15, 0.2) is 24.8 Å². The largest absolute Gasteiger partial charge is 0.332 e. The Bertz CT molecular complexity index is 726. The van der Waals surface area contributed by atoms with E-state index >= 15 is 0 Å². The molecule has 4 aliphatic rings. The third kappa shape index (κ3) is 2.98. The first-order valence-corrected chi connectivity index (χ1v) is 11.9. The average Bonchev–Trinajstić information content (AvgIpc) is 3.06. The standard InChI is InChI=1S/C26H39NO2/c1-6-16-27-22-11-8-18-19-9-10-21(24(29)17(3)7-2)25(19,4)14-12-20(18)26(22,5)15-13-23(27)28/h6,13,15,17-22H,1,7-12,14,16H2,2-5H3/t17?,18-,19-,20+,21?,22?,25-,26+/m0/s1. The monoisotopic (exact) mass is 397 g/mol. The highest BCUT2D eigenvalue weighted by atomic mass is 16.2. The number of ketones is 1. The third-order valence-electron chi connectivity index (χ3n) is 9.74. The van der Waals surface area contributed by atoms with Gasteiger partial charge < -0.3 is 4.90 Å². The lowest BCUT2D eigenvalue weighted by Gasteiger charge is -2.60. The first kappa shape index (κ1) is 20.9. The molecule has 1 amide bonds. The fraction of sp³-hybridized carbons (Fsp3) is 0.769. The van der Waals surface area contributed by atoms with Crippen LogP contribution < -0.4 is 0 Å². The second kappa shape index (κ2) is 7.39. The summed E-state index contributed by atoms with van der Waals surface area (Å²) in [5, 5.41) is 0. The molecule has 3 saturated carbocycles. The molecular formula is C26H39NO2. The molecule has 8 atom stereocenters. The van der Waals surface area contributed by atoms with Crippen molar-refractivity contribution in [3.05, 3.63) is 24.8 Å². The number of carbonyl (C=O) groups is 2. The van der Waals surface area contributed by atoms with E-state index in [9.17, 15) is 9.59 Å². The zero-order valence-corrected chi connectivity index (χ0v) is 18.8. The van der Waals surface area contributed by atoms with Crippen molar-refractivity contribution in [3.8, 4) is 0 Å². The van der Waals surface area contributed by atoms with E-state index in [-0.39, 0.29) is 28.6 Å². The van der Waals surface area contributed by atoms with Crippen LogP contribution in [0.25, 0.3) is 0 Å². The number of rotatable bonds is 5. The predicted molar refractivity (Wildman–Crippen MR) is 117 cm³/mol. The molecule has 0 aromatic heterocycles. The van der Waals surface area contributed by atoms with Crippen LogP contribution in [0, 0.1) is 40.4 Å². The minimum absolute atomic E-state index is 0.0555. The summed E-state index contributed by atoms with van der Waals surface area (Å²) in [7, 11) is 0. The first-order valence-electron chi connectivity index (χ1n) is 11.9. The fourth-order valence-electron chi connectivity index (χ4n) is 7.97. The second-order valence-corrected chi connectivity index (χ2v) is 10.8. The van der Waals surface area contributed by atoms with Gasteiger partial charge >= 0.3 is 0 Å². The van der Waals surface area contributed by atoms with Gasteiger partial charge in [0.2, 0.25) is 5.91 Å². The summed E-state index contributed by atoms with van der Waals surface area (Å²) in [4.78, 5) is 27.8. The minimum Gasteiger partial charge on any atom is -0.332 e. The summed E-state index contributed by atoms with van der Waals surface area (Å²) in [6.45, 7) is 13.6. The van der Waals surface area contributed by atoms with E-state index in [1.54, 1.807) is 0 Å². The lowest BCUT2D eigenvalue weighted by atomic mass is 9.47. The van der Waals surface area contributed by atoms with Gasteiger partial charge in [0.15, 0.2) is 0 Å². The zero-order chi connectivity index (χ0) is 21.0. The van der Waals surface area contributed by atoms with E-state index in [0.29, 0.717) is 36.1 Å². The highest BCUT2D eigenvalue weighted by molar-refractivity contribution is 5.89. The molecule has 0 bridgehead atoms. The molecule has 0 radical (unpaired) electrons. The molecule has 1 heterocycles. The summed E-state index contributed by atoms with van der Waals surface area (Å²) in [6, 6.07) is 0.294. The van der Waals surface area contributed by atoms with Gasteiger partial charge in [0.05, 0.1) is 0 Å². The summed E-state index contributed by atoms with van der Waals surface area (Å²) >= 11 is 0. The second-order valence-electron chi connectivity index (χ2n) is 10.8. The smallest absolute Gasteiger partial charge is 0.246 e. The number of hydrogen-bond donors (Lipinski definition) is 0. The Morgan fingerprint density at radius 1 is 1.24 bits per heavy atom. The van der Waals surface area contributed by atoms with E-state index in [1.807, 2.05) is 12.2 Å². The van der Waals surface area contributed by atoms with Gasteiger partial charge in [-0.25, -0.2) is 0 Å². The van der Waals surface area contributed by atoms with Gasteiger partial charge in [-0.1, -0.05) is 39.8 Å². The van der Waals surface area contributed by atoms with Crippen molar-refractivity contribution in [1.29, 1.82) is 0 Å². The van der Waals surface area contributed by atoms with Crippen molar-refractivity contribution in [1.82, 2.24) is 4.90 Å². The number of amides is 1. The van der Waals surface area contributed by atoms with E-state index in [0.717, 1.165) is 25.7 Å². The van der Waals surface area contributed by atoms with Crippen molar-refractivity contribution in [2.45, 2.75) is 78.7 Å². The van der Waals surface area contributed by atoms with E-state index in [2.05, 4.69) is 45.2 Å². The van der Waals surface area contributed by atoms with Crippen LogP contribution in [0.4, 0.5) is 0 Å². The molecule has 3 fully saturated rings. The summed E-state index contributed by atoms with van der Waals surface area (Å²) in [6.07, 6.45) is 13.8. The molecule has 0 spiro atoms. The molecule has 1 aliphatic heterocycles. The van der Waals surface area contributed by atoms with E-state index in [4.69, 9.17) is 0 Å². The van der Waals surface area contributed by atoms with Crippen molar-refractivity contribution in [3.63, 3.8) is 0 Å². The van der Waals surface area contributed by atoms with Gasteiger partial charge in [-0.05, 0) is 74.2 Å². The van der Waals surface area contributed by atoms with E-state index < -0.39 is 0 Å². The lowest BCUT2D eigenvalue weighted by molar-refractivity contribution is -0.144. The number of fused-ring (bicyclic) bond motifs is 5. The first-order chi connectivity index (χ1) is 13.8. The van der Waals surface area contributed by atoms with Crippen molar-refractivity contribution in [2.75, 3.05) is 6.54 Å². The van der Waals surface area contributed by atoms with Gasteiger partial charge in [0.25, 0.3) is 0 Å². The molecular weight excluding hydrogens is 358 g/mol.